The zero-order valence-corrected chi connectivity index (χ0v) is 15.4. The Labute approximate surface area is 144 Å². The molecule has 0 aliphatic rings. The van der Waals surface area contributed by atoms with E-state index in [0.717, 1.165) is 20.3 Å². The SMILES string of the molecule is CCNC(c1cnc2ccccc2c1)c1cc(Br)c(Br)s1. The van der Waals surface area contributed by atoms with Crippen molar-refractivity contribution in [1.29, 1.82) is 0 Å². The lowest BCUT2D eigenvalue weighted by atomic mass is 10.0. The Kier molecular flexibility index (Phi) is 4.74. The molecule has 0 aliphatic heterocycles. The number of hydrogen-bond donors (Lipinski definition) is 1. The molecule has 3 aromatic rings. The average Bonchev–Trinajstić information content (AvgIpc) is 2.83. The van der Waals surface area contributed by atoms with Gasteiger partial charge in [-0.3, -0.25) is 4.98 Å². The number of nitrogens with one attached hydrogen (secondary N) is 1. The molecule has 0 spiro atoms. The van der Waals surface area contributed by atoms with Gasteiger partial charge in [-0.05, 0) is 62.2 Å². The van der Waals surface area contributed by atoms with Gasteiger partial charge in [0.2, 0.25) is 0 Å². The van der Waals surface area contributed by atoms with Gasteiger partial charge in [0.25, 0.3) is 0 Å². The highest BCUT2D eigenvalue weighted by molar-refractivity contribution is 9.13. The van der Waals surface area contributed by atoms with Crippen LogP contribution in [0.1, 0.15) is 23.4 Å². The van der Waals surface area contributed by atoms with Crippen molar-refractivity contribution in [2.24, 2.45) is 0 Å². The summed E-state index contributed by atoms with van der Waals surface area (Å²) in [7, 11) is 0. The van der Waals surface area contributed by atoms with Gasteiger partial charge in [0.05, 0.1) is 15.3 Å². The van der Waals surface area contributed by atoms with Crippen molar-refractivity contribution in [2.45, 2.75) is 13.0 Å². The molecule has 0 amide bonds. The first kappa shape index (κ1) is 15.2. The number of thiophene rings is 1. The van der Waals surface area contributed by atoms with Gasteiger partial charge >= 0.3 is 0 Å². The summed E-state index contributed by atoms with van der Waals surface area (Å²) >= 11 is 8.89. The first-order valence-electron chi connectivity index (χ1n) is 6.72. The van der Waals surface area contributed by atoms with Crippen LogP contribution in [-0.2, 0) is 0 Å². The van der Waals surface area contributed by atoms with Crippen LogP contribution in [0, 0.1) is 0 Å². The lowest BCUT2D eigenvalue weighted by molar-refractivity contribution is 0.638. The quantitative estimate of drug-likeness (QED) is 0.595. The first-order chi connectivity index (χ1) is 10.2. The molecular weight excluding hydrogens is 412 g/mol. The summed E-state index contributed by atoms with van der Waals surface area (Å²) in [5.41, 5.74) is 2.22. The van der Waals surface area contributed by atoms with Crippen LogP contribution in [0.5, 0.6) is 0 Å². The predicted octanol–water partition coefficient (Wildman–Crippen LogP) is 5.52. The van der Waals surface area contributed by atoms with Crippen LogP contribution in [0.25, 0.3) is 10.9 Å². The third kappa shape index (κ3) is 3.21. The van der Waals surface area contributed by atoms with E-state index in [-0.39, 0.29) is 6.04 Å². The molecule has 0 fully saturated rings. The second kappa shape index (κ2) is 6.57. The lowest BCUT2D eigenvalue weighted by Gasteiger charge is -2.17. The number of rotatable bonds is 4. The van der Waals surface area contributed by atoms with Crippen molar-refractivity contribution in [3.05, 3.63) is 61.3 Å². The molecule has 1 N–H and O–H groups in total. The number of para-hydroxylation sites is 1. The highest BCUT2D eigenvalue weighted by Crippen LogP contribution is 2.37. The molecule has 1 unspecified atom stereocenters. The largest absolute Gasteiger partial charge is 0.306 e. The van der Waals surface area contributed by atoms with Gasteiger partial charge in [0.1, 0.15) is 0 Å². The highest BCUT2D eigenvalue weighted by Gasteiger charge is 2.17. The molecular formula is C16H14Br2N2S. The Hall–Kier alpha value is -0.750. The third-order valence-corrected chi connectivity index (χ3v) is 6.62. The van der Waals surface area contributed by atoms with Crippen molar-refractivity contribution in [1.82, 2.24) is 10.3 Å². The maximum atomic E-state index is 4.58. The Bertz CT molecular complexity index is 750. The standard InChI is InChI=1S/C16H14Br2N2S/c1-2-19-15(14-8-12(17)16(18)21-14)11-7-10-5-3-4-6-13(10)20-9-11/h3-9,15,19H,2H2,1H3. The fourth-order valence-corrected chi connectivity index (χ4v) is 4.53. The molecule has 1 atom stereocenters. The minimum absolute atomic E-state index is 0.166. The number of nitrogens with zero attached hydrogens (tertiary/aromatic N) is 1. The number of fused-ring (bicyclic) bond motifs is 1. The summed E-state index contributed by atoms with van der Waals surface area (Å²) in [5.74, 6) is 0. The Morgan fingerprint density at radius 2 is 2.05 bits per heavy atom. The van der Waals surface area contributed by atoms with E-state index in [1.165, 1.54) is 15.8 Å². The fraction of sp³-hybridized carbons (Fsp3) is 0.188. The summed E-state index contributed by atoms with van der Waals surface area (Å²) in [6, 6.07) is 12.8. The summed E-state index contributed by atoms with van der Waals surface area (Å²) < 4.78 is 2.22. The van der Waals surface area contributed by atoms with Crippen molar-refractivity contribution >= 4 is 54.1 Å². The third-order valence-electron chi connectivity index (χ3n) is 3.30. The van der Waals surface area contributed by atoms with E-state index in [2.05, 4.69) is 67.3 Å². The monoisotopic (exact) mass is 424 g/mol. The number of aromatic nitrogens is 1. The summed E-state index contributed by atoms with van der Waals surface area (Å²) in [6.45, 7) is 3.03. The number of hydrogen-bond acceptors (Lipinski definition) is 3. The predicted molar refractivity (Wildman–Crippen MR) is 97.0 cm³/mol. The molecule has 5 heteroatoms. The zero-order valence-electron chi connectivity index (χ0n) is 11.4. The van der Waals surface area contributed by atoms with E-state index in [0.29, 0.717) is 0 Å². The van der Waals surface area contributed by atoms with E-state index < -0.39 is 0 Å². The van der Waals surface area contributed by atoms with Crippen LogP contribution in [0.15, 0.2) is 50.9 Å². The van der Waals surface area contributed by atoms with Crippen LogP contribution in [0.3, 0.4) is 0 Å². The molecule has 0 saturated carbocycles. The van der Waals surface area contributed by atoms with Gasteiger partial charge in [-0.25, -0.2) is 0 Å². The number of halogens is 2. The van der Waals surface area contributed by atoms with Crippen molar-refractivity contribution < 1.29 is 0 Å². The molecule has 2 heterocycles. The molecule has 21 heavy (non-hydrogen) atoms. The van der Waals surface area contributed by atoms with Gasteiger partial charge in [-0.15, -0.1) is 11.3 Å². The first-order valence-corrected chi connectivity index (χ1v) is 9.12. The van der Waals surface area contributed by atoms with Crippen LogP contribution in [-0.4, -0.2) is 11.5 Å². The summed E-state index contributed by atoms with van der Waals surface area (Å²) in [5, 5.41) is 4.72. The van der Waals surface area contributed by atoms with Crippen molar-refractivity contribution in [3.63, 3.8) is 0 Å². The van der Waals surface area contributed by atoms with Gasteiger partial charge < -0.3 is 5.32 Å². The van der Waals surface area contributed by atoms with Crippen LogP contribution >= 0.6 is 43.2 Å². The van der Waals surface area contributed by atoms with Crippen molar-refractivity contribution in [3.8, 4) is 0 Å². The lowest BCUT2D eigenvalue weighted by Crippen LogP contribution is -2.21. The Balaban J connectivity index is 2.06. The normalized spacial score (nSPS) is 12.7. The Morgan fingerprint density at radius 3 is 2.76 bits per heavy atom. The van der Waals surface area contributed by atoms with E-state index in [4.69, 9.17) is 0 Å². The summed E-state index contributed by atoms with van der Waals surface area (Å²) in [4.78, 5) is 5.85. The van der Waals surface area contributed by atoms with Gasteiger partial charge in [0.15, 0.2) is 0 Å². The molecule has 0 aliphatic carbocycles. The maximum absolute atomic E-state index is 4.58. The molecule has 1 aromatic carbocycles. The van der Waals surface area contributed by atoms with Crippen LogP contribution in [0.4, 0.5) is 0 Å². The minimum atomic E-state index is 0.166. The molecule has 3 rings (SSSR count). The second-order valence-electron chi connectivity index (χ2n) is 4.72. The number of benzene rings is 1. The molecule has 0 radical (unpaired) electrons. The molecule has 108 valence electrons. The van der Waals surface area contributed by atoms with Crippen molar-refractivity contribution in [2.75, 3.05) is 6.54 Å². The molecule has 2 aromatic heterocycles. The highest BCUT2D eigenvalue weighted by atomic mass is 79.9. The van der Waals surface area contributed by atoms with Gasteiger partial charge in [0, 0.05) is 20.9 Å². The topological polar surface area (TPSA) is 24.9 Å². The number of pyridine rings is 1. The molecule has 0 bridgehead atoms. The van der Waals surface area contributed by atoms with E-state index in [1.807, 2.05) is 24.4 Å². The maximum Gasteiger partial charge on any atom is 0.0843 e. The smallest absolute Gasteiger partial charge is 0.0843 e. The van der Waals surface area contributed by atoms with Gasteiger partial charge in [-0.1, -0.05) is 25.1 Å². The van der Waals surface area contributed by atoms with Crippen LogP contribution < -0.4 is 5.32 Å². The fourth-order valence-electron chi connectivity index (χ4n) is 2.34. The minimum Gasteiger partial charge on any atom is -0.306 e. The Morgan fingerprint density at radius 1 is 1.24 bits per heavy atom. The second-order valence-corrected chi connectivity index (χ2v) is 7.98. The summed E-state index contributed by atoms with van der Waals surface area (Å²) in [6.07, 6.45) is 1.97. The van der Waals surface area contributed by atoms with E-state index in [1.54, 1.807) is 11.3 Å². The van der Waals surface area contributed by atoms with Gasteiger partial charge in [-0.2, -0.15) is 0 Å². The van der Waals surface area contributed by atoms with E-state index in [9.17, 15) is 0 Å². The average molecular weight is 426 g/mol. The zero-order chi connectivity index (χ0) is 14.8. The van der Waals surface area contributed by atoms with Crippen LogP contribution in [0.2, 0.25) is 0 Å². The van der Waals surface area contributed by atoms with E-state index >= 15 is 0 Å². The molecule has 0 saturated heterocycles. The molecule has 2 nitrogen and oxygen atoms in total.